The van der Waals surface area contributed by atoms with Crippen molar-refractivity contribution >= 4 is 5.57 Å². The second-order valence-electron chi connectivity index (χ2n) is 12.2. The number of benzene rings is 1. The molecular formula is C30H41NO2. The van der Waals surface area contributed by atoms with Gasteiger partial charge in [-0.1, -0.05) is 83.9 Å². The molecule has 0 aliphatic heterocycles. The van der Waals surface area contributed by atoms with Crippen LogP contribution in [-0.4, -0.2) is 15.2 Å². The Bertz CT molecular complexity index is 1040. The van der Waals surface area contributed by atoms with Crippen LogP contribution >= 0.6 is 0 Å². The number of aromatic nitrogens is 1. The van der Waals surface area contributed by atoms with E-state index < -0.39 is 12.2 Å². The first-order valence-electron chi connectivity index (χ1n) is 12.6. The van der Waals surface area contributed by atoms with Crippen molar-refractivity contribution < 1.29 is 10.2 Å². The SMILES string of the molecule is C=C(C)c1c([C@@H](O)c2ccc(C(C)(C)C)cc2)c(C2CCCC2)nc2c1[C@@H](O)CC(C)(C)C2. The van der Waals surface area contributed by atoms with E-state index >= 15 is 0 Å². The van der Waals surface area contributed by atoms with Crippen molar-refractivity contribution in [3.63, 3.8) is 0 Å². The first-order chi connectivity index (χ1) is 15.4. The maximum atomic E-state index is 11.8. The Morgan fingerprint density at radius 2 is 1.73 bits per heavy atom. The predicted octanol–water partition coefficient (Wildman–Crippen LogP) is 7.16. The molecule has 1 saturated carbocycles. The molecule has 3 nitrogen and oxygen atoms in total. The van der Waals surface area contributed by atoms with Crippen LogP contribution in [0, 0.1) is 5.41 Å². The van der Waals surface area contributed by atoms with Crippen LogP contribution in [0.2, 0.25) is 0 Å². The summed E-state index contributed by atoms with van der Waals surface area (Å²) in [5, 5.41) is 23.0. The van der Waals surface area contributed by atoms with Gasteiger partial charge in [0.1, 0.15) is 6.10 Å². The summed E-state index contributed by atoms with van der Waals surface area (Å²) in [5.74, 6) is 0.356. The van der Waals surface area contributed by atoms with E-state index in [9.17, 15) is 10.2 Å². The molecule has 0 bridgehead atoms. The van der Waals surface area contributed by atoms with E-state index in [1.54, 1.807) is 0 Å². The highest BCUT2D eigenvalue weighted by Crippen LogP contribution is 2.48. The van der Waals surface area contributed by atoms with Crippen molar-refractivity contribution in [1.82, 2.24) is 4.98 Å². The third-order valence-electron chi connectivity index (χ3n) is 7.64. The highest BCUT2D eigenvalue weighted by Gasteiger charge is 2.38. The normalized spacial score (nSPS) is 21.6. The van der Waals surface area contributed by atoms with Crippen LogP contribution in [0.1, 0.15) is 131 Å². The van der Waals surface area contributed by atoms with Crippen LogP contribution in [-0.2, 0) is 11.8 Å². The predicted molar refractivity (Wildman–Crippen MR) is 136 cm³/mol. The summed E-state index contributed by atoms with van der Waals surface area (Å²) in [7, 11) is 0. The second-order valence-corrected chi connectivity index (χ2v) is 12.2. The Morgan fingerprint density at radius 3 is 2.27 bits per heavy atom. The van der Waals surface area contributed by atoms with Gasteiger partial charge in [0, 0.05) is 22.7 Å². The number of nitrogens with zero attached hydrogens (tertiary/aromatic N) is 1. The quantitative estimate of drug-likeness (QED) is 0.523. The summed E-state index contributed by atoms with van der Waals surface area (Å²) in [6.07, 6.45) is 4.78. The van der Waals surface area contributed by atoms with E-state index in [4.69, 9.17) is 4.98 Å². The summed E-state index contributed by atoms with van der Waals surface area (Å²) in [5.41, 5.74) is 7.81. The Hall–Kier alpha value is -1.97. The van der Waals surface area contributed by atoms with Crippen molar-refractivity contribution in [3.05, 3.63) is 70.0 Å². The molecule has 3 heteroatoms. The fourth-order valence-electron chi connectivity index (χ4n) is 5.91. The van der Waals surface area contributed by atoms with Crippen molar-refractivity contribution in [1.29, 1.82) is 0 Å². The molecule has 1 aromatic carbocycles. The zero-order valence-electron chi connectivity index (χ0n) is 21.3. The van der Waals surface area contributed by atoms with Crippen LogP contribution in [0.3, 0.4) is 0 Å². The maximum absolute atomic E-state index is 11.8. The van der Waals surface area contributed by atoms with Gasteiger partial charge in [0.2, 0.25) is 0 Å². The van der Waals surface area contributed by atoms with Gasteiger partial charge in [0.25, 0.3) is 0 Å². The van der Waals surface area contributed by atoms with Gasteiger partial charge in [0.05, 0.1) is 11.8 Å². The lowest BCUT2D eigenvalue weighted by Gasteiger charge is -2.37. The molecule has 1 aromatic heterocycles. The lowest BCUT2D eigenvalue weighted by Crippen LogP contribution is -2.29. The fraction of sp³-hybridized carbons (Fsp3) is 0.567. The van der Waals surface area contributed by atoms with E-state index in [0.717, 1.165) is 58.5 Å². The van der Waals surface area contributed by atoms with Crippen LogP contribution in [0.25, 0.3) is 5.57 Å². The van der Waals surface area contributed by atoms with E-state index in [1.165, 1.54) is 18.4 Å². The maximum Gasteiger partial charge on any atom is 0.106 e. The molecule has 0 saturated heterocycles. The zero-order chi connectivity index (χ0) is 24.1. The van der Waals surface area contributed by atoms with E-state index in [2.05, 4.69) is 53.3 Å². The van der Waals surface area contributed by atoms with Crippen LogP contribution in [0.15, 0.2) is 30.8 Å². The second kappa shape index (κ2) is 8.67. The molecule has 1 heterocycles. The third kappa shape index (κ3) is 4.68. The number of pyridine rings is 1. The monoisotopic (exact) mass is 447 g/mol. The molecule has 2 N–H and O–H groups in total. The minimum Gasteiger partial charge on any atom is -0.388 e. The van der Waals surface area contributed by atoms with Crippen LogP contribution in [0.5, 0.6) is 0 Å². The van der Waals surface area contributed by atoms with E-state index in [0.29, 0.717) is 12.3 Å². The third-order valence-corrected chi connectivity index (χ3v) is 7.64. The summed E-state index contributed by atoms with van der Waals surface area (Å²) in [6.45, 7) is 17.3. The van der Waals surface area contributed by atoms with Gasteiger partial charge in [-0.15, -0.1) is 0 Å². The molecule has 2 aromatic rings. The van der Waals surface area contributed by atoms with Crippen LogP contribution < -0.4 is 0 Å². The molecule has 2 atom stereocenters. The van der Waals surface area contributed by atoms with Gasteiger partial charge < -0.3 is 10.2 Å². The van der Waals surface area contributed by atoms with Crippen molar-refractivity contribution in [2.75, 3.05) is 0 Å². The first kappa shape index (κ1) is 24.2. The topological polar surface area (TPSA) is 53.4 Å². The summed E-state index contributed by atoms with van der Waals surface area (Å²) >= 11 is 0. The molecule has 0 amide bonds. The first-order valence-corrected chi connectivity index (χ1v) is 12.6. The molecule has 2 aliphatic carbocycles. The lowest BCUT2D eigenvalue weighted by molar-refractivity contribution is 0.0972. The van der Waals surface area contributed by atoms with E-state index in [1.807, 2.05) is 19.1 Å². The molecular weight excluding hydrogens is 406 g/mol. The number of fused-ring (bicyclic) bond motifs is 1. The summed E-state index contributed by atoms with van der Waals surface area (Å²) < 4.78 is 0. The number of aliphatic hydroxyl groups is 2. The Balaban J connectivity index is 1.92. The molecule has 2 aliphatic rings. The molecule has 0 spiro atoms. The summed E-state index contributed by atoms with van der Waals surface area (Å²) in [4.78, 5) is 5.23. The highest BCUT2D eigenvalue weighted by molar-refractivity contribution is 5.71. The minimum absolute atomic E-state index is 0.00161. The standard InChI is InChI=1S/C30H41NO2/c1-18(2)24-25-22(16-30(6,7)17-23(25)32)31-27(19-10-8-9-11-19)26(24)28(33)20-12-14-21(15-13-20)29(3,4)5/h12-15,19,23,28,32-33H,1,8-11,16-17H2,2-7H3/t23-,28-/m0/s1. The highest BCUT2D eigenvalue weighted by atomic mass is 16.3. The van der Waals surface area contributed by atoms with Gasteiger partial charge >= 0.3 is 0 Å². The Labute approximate surface area is 200 Å². The average Bonchev–Trinajstić information content (AvgIpc) is 3.25. The fourth-order valence-corrected chi connectivity index (χ4v) is 5.91. The van der Waals surface area contributed by atoms with Crippen molar-refractivity contribution in [2.24, 2.45) is 5.41 Å². The number of rotatable bonds is 4. The van der Waals surface area contributed by atoms with Crippen molar-refractivity contribution in [3.8, 4) is 0 Å². The van der Waals surface area contributed by atoms with Crippen LogP contribution in [0.4, 0.5) is 0 Å². The molecule has 0 unspecified atom stereocenters. The average molecular weight is 448 g/mol. The zero-order valence-corrected chi connectivity index (χ0v) is 21.3. The van der Waals surface area contributed by atoms with Gasteiger partial charge in [0.15, 0.2) is 0 Å². The lowest BCUT2D eigenvalue weighted by atomic mass is 9.71. The minimum atomic E-state index is -0.791. The number of hydrogen-bond acceptors (Lipinski definition) is 3. The number of hydrogen-bond donors (Lipinski definition) is 2. The van der Waals surface area contributed by atoms with Gasteiger partial charge in [-0.2, -0.15) is 0 Å². The van der Waals surface area contributed by atoms with Gasteiger partial charge in [-0.25, -0.2) is 0 Å². The molecule has 1 fully saturated rings. The summed E-state index contributed by atoms with van der Waals surface area (Å²) in [6, 6.07) is 8.34. The largest absolute Gasteiger partial charge is 0.388 e. The van der Waals surface area contributed by atoms with Gasteiger partial charge in [-0.3, -0.25) is 4.98 Å². The Kier molecular flexibility index (Phi) is 6.35. The van der Waals surface area contributed by atoms with Gasteiger partial charge in [-0.05, 0) is 60.1 Å². The number of allylic oxidation sites excluding steroid dienone is 1. The Morgan fingerprint density at radius 1 is 1.12 bits per heavy atom. The molecule has 178 valence electrons. The molecule has 33 heavy (non-hydrogen) atoms. The van der Waals surface area contributed by atoms with E-state index in [-0.39, 0.29) is 10.8 Å². The van der Waals surface area contributed by atoms with Crippen molar-refractivity contribution in [2.45, 2.75) is 104 Å². The molecule has 0 radical (unpaired) electrons. The molecule has 4 rings (SSSR count). The number of aliphatic hydroxyl groups excluding tert-OH is 2. The smallest absolute Gasteiger partial charge is 0.106 e.